The Morgan fingerprint density at radius 3 is 2.19 bits per heavy atom. The van der Waals surface area contributed by atoms with E-state index in [0.29, 0.717) is 13.1 Å². The van der Waals surface area contributed by atoms with E-state index in [1.165, 1.54) is 0 Å². The lowest BCUT2D eigenvalue weighted by Crippen LogP contribution is -2.32. The van der Waals surface area contributed by atoms with Gasteiger partial charge in [-0.3, -0.25) is 4.79 Å². The monoisotopic (exact) mass is 362 g/mol. The predicted molar refractivity (Wildman–Crippen MR) is 99.6 cm³/mol. The second-order valence-electron chi connectivity index (χ2n) is 7.67. The third-order valence-corrected chi connectivity index (χ3v) is 4.06. The molecule has 0 bridgehead atoms. The van der Waals surface area contributed by atoms with Gasteiger partial charge in [-0.2, -0.15) is 0 Å². The lowest BCUT2D eigenvalue weighted by molar-refractivity contribution is -0.147. The van der Waals surface area contributed by atoms with Gasteiger partial charge in [-0.1, -0.05) is 24.3 Å². The number of carbonyl (C=O) groups excluding carboxylic acids is 2. The van der Waals surface area contributed by atoms with Crippen LogP contribution >= 0.6 is 0 Å². The molecule has 1 aliphatic carbocycles. The summed E-state index contributed by atoms with van der Waals surface area (Å²) in [6.45, 7) is 6.72. The van der Waals surface area contributed by atoms with Crippen LogP contribution < -0.4 is 10.6 Å². The summed E-state index contributed by atoms with van der Waals surface area (Å²) in [5.74, 6) is -0.185. The highest BCUT2D eigenvalue weighted by Gasteiger charge is 2.18. The van der Waals surface area contributed by atoms with Crippen molar-refractivity contribution in [3.63, 3.8) is 0 Å². The number of benzene rings is 1. The van der Waals surface area contributed by atoms with Gasteiger partial charge in [0.05, 0.1) is 6.54 Å². The van der Waals surface area contributed by atoms with Gasteiger partial charge in [0.2, 0.25) is 0 Å². The second kappa shape index (κ2) is 9.57. The van der Waals surface area contributed by atoms with Gasteiger partial charge in [0.1, 0.15) is 11.7 Å². The molecule has 1 aliphatic rings. The van der Waals surface area contributed by atoms with Crippen molar-refractivity contribution in [1.82, 2.24) is 10.6 Å². The van der Waals surface area contributed by atoms with E-state index in [-0.39, 0.29) is 18.6 Å². The number of rotatable bonds is 7. The first-order valence-electron chi connectivity index (χ1n) is 9.27. The molecule has 1 aromatic carbocycles. The molecule has 0 aromatic heterocycles. The first kappa shape index (κ1) is 20.2. The third-order valence-electron chi connectivity index (χ3n) is 4.06. The van der Waals surface area contributed by atoms with Crippen molar-refractivity contribution in [3.05, 3.63) is 35.4 Å². The number of ether oxygens (including phenoxy) is 2. The van der Waals surface area contributed by atoms with Gasteiger partial charge in [0.15, 0.2) is 0 Å². The summed E-state index contributed by atoms with van der Waals surface area (Å²) in [7, 11) is 0. The molecule has 0 radical (unpaired) electrons. The van der Waals surface area contributed by atoms with Gasteiger partial charge in [-0.15, -0.1) is 0 Å². The molecule has 26 heavy (non-hydrogen) atoms. The molecule has 0 atom stereocenters. The van der Waals surface area contributed by atoms with Gasteiger partial charge in [-0.25, -0.2) is 4.79 Å². The Balaban J connectivity index is 1.65. The average molecular weight is 362 g/mol. The first-order chi connectivity index (χ1) is 12.3. The maximum absolute atomic E-state index is 11.8. The van der Waals surface area contributed by atoms with Crippen LogP contribution in [0.25, 0.3) is 0 Å². The quantitative estimate of drug-likeness (QED) is 0.728. The molecule has 0 heterocycles. The zero-order valence-corrected chi connectivity index (χ0v) is 16.0. The maximum atomic E-state index is 11.8. The molecular weight excluding hydrogens is 332 g/mol. The Kier molecular flexibility index (Phi) is 7.45. The number of carbonyl (C=O) groups is 2. The van der Waals surface area contributed by atoms with Crippen molar-refractivity contribution in [2.45, 2.75) is 71.2 Å². The van der Waals surface area contributed by atoms with Crippen molar-refractivity contribution in [2.24, 2.45) is 0 Å². The minimum Gasteiger partial charge on any atom is -0.461 e. The van der Waals surface area contributed by atoms with E-state index in [4.69, 9.17) is 9.47 Å². The van der Waals surface area contributed by atoms with Crippen LogP contribution in [-0.2, 0) is 27.4 Å². The molecule has 2 N–H and O–H groups in total. The molecule has 0 saturated heterocycles. The van der Waals surface area contributed by atoms with E-state index < -0.39 is 11.7 Å². The molecular formula is C20H30N2O4. The number of alkyl carbamates (subject to hydrolysis) is 1. The summed E-state index contributed by atoms with van der Waals surface area (Å²) in [6.07, 6.45) is 3.97. The van der Waals surface area contributed by atoms with Crippen molar-refractivity contribution in [1.29, 1.82) is 0 Å². The molecule has 1 aromatic rings. The Morgan fingerprint density at radius 1 is 1.04 bits per heavy atom. The first-order valence-corrected chi connectivity index (χ1v) is 9.27. The lowest BCUT2D eigenvalue weighted by atomic mass is 10.1. The van der Waals surface area contributed by atoms with Gasteiger partial charge in [0.25, 0.3) is 0 Å². The van der Waals surface area contributed by atoms with Gasteiger partial charge in [0, 0.05) is 13.1 Å². The predicted octanol–water partition coefficient (Wildman–Crippen LogP) is 3.29. The molecule has 0 aliphatic heterocycles. The minimum atomic E-state index is -0.501. The fraction of sp³-hybridized carbons (Fsp3) is 0.600. The number of amides is 1. The number of hydrogen-bond acceptors (Lipinski definition) is 5. The molecule has 1 amide bonds. The molecule has 0 unspecified atom stereocenters. The van der Waals surface area contributed by atoms with E-state index in [2.05, 4.69) is 10.6 Å². The van der Waals surface area contributed by atoms with Crippen molar-refractivity contribution >= 4 is 12.1 Å². The second-order valence-corrected chi connectivity index (χ2v) is 7.67. The van der Waals surface area contributed by atoms with Crippen LogP contribution in [0.4, 0.5) is 4.79 Å². The Bertz CT molecular complexity index is 587. The summed E-state index contributed by atoms with van der Waals surface area (Å²) in [5.41, 5.74) is 1.55. The highest BCUT2D eigenvalue weighted by molar-refractivity contribution is 5.71. The summed E-state index contributed by atoms with van der Waals surface area (Å²) in [5, 5.41) is 5.84. The van der Waals surface area contributed by atoms with Crippen LogP contribution in [0.1, 0.15) is 57.6 Å². The summed E-state index contributed by atoms with van der Waals surface area (Å²) >= 11 is 0. The van der Waals surface area contributed by atoms with Crippen LogP contribution in [0.3, 0.4) is 0 Å². The lowest BCUT2D eigenvalue weighted by Gasteiger charge is -2.19. The van der Waals surface area contributed by atoms with Crippen molar-refractivity contribution < 1.29 is 19.1 Å². The van der Waals surface area contributed by atoms with Crippen LogP contribution in [0.15, 0.2) is 24.3 Å². The van der Waals surface area contributed by atoms with E-state index in [0.717, 1.165) is 36.8 Å². The summed E-state index contributed by atoms with van der Waals surface area (Å²) in [4.78, 5) is 23.4. The Hall–Kier alpha value is -2.08. The van der Waals surface area contributed by atoms with Crippen LogP contribution in [-0.4, -0.2) is 30.3 Å². The van der Waals surface area contributed by atoms with Gasteiger partial charge in [-0.05, 0) is 57.6 Å². The van der Waals surface area contributed by atoms with E-state index in [1.54, 1.807) is 0 Å². The van der Waals surface area contributed by atoms with E-state index >= 15 is 0 Å². The normalized spacial score (nSPS) is 14.9. The topological polar surface area (TPSA) is 76.7 Å². The highest BCUT2D eigenvalue weighted by atomic mass is 16.6. The summed E-state index contributed by atoms with van der Waals surface area (Å²) in [6, 6.07) is 7.85. The van der Waals surface area contributed by atoms with Crippen LogP contribution in [0.5, 0.6) is 0 Å². The zero-order chi connectivity index (χ0) is 19.0. The molecule has 0 spiro atoms. The number of esters is 1. The van der Waals surface area contributed by atoms with Crippen LogP contribution in [0, 0.1) is 0 Å². The Morgan fingerprint density at radius 2 is 1.62 bits per heavy atom. The number of hydrogen-bond donors (Lipinski definition) is 2. The highest BCUT2D eigenvalue weighted by Crippen LogP contribution is 2.20. The fourth-order valence-corrected chi connectivity index (χ4v) is 2.81. The molecule has 6 heteroatoms. The zero-order valence-electron chi connectivity index (χ0n) is 16.0. The van der Waals surface area contributed by atoms with E-state index in [1.807, 2.05) is 45.0 Å². The number of nitrogens with one attached hydrogen (secondary N) is 2. The maximum Gasteiger partial charge on any atom is 0.407 e. The smallest absolute Gasteiger partial charge is 0.407 e. The molecule has 1 fully saturated rings. The molecule has 144 valence electrons. The SMILES string of the molecule is CC(C)(C)OC(=O)NCc1ccc(CNCC(=O)OC2CCCC2)cc1. The van der Waals surface area contributed by atoms with Crippen molar-refractivity contribution in [3.8, 4) is 0 Å². The average Bonchev–Trinajstić information content (AvgIpc) is 3.05. The fourth-order valence-electron chi connectivity index (χ4n) is 2.81. The third kappa shape index (κ3) is 7.87. The summed E-state index contributed by atoms with van der Waals surface area (Å²) < 4.78 is 10.6. The Labute approximate surface area is 155 Å². The van der Waals surface area contributed by atoms with Gasteiger partial charge < -0.3 is 20.1 Å². The van der Waals surface area contributed by atoms with Crippen molar-refractivity contribution in [2.75, 3.05) is 6.54 Å². The molecule has 2 rings (SSSR count). The minimum absolute atomic E-state index is 0.112. The standard InChI is InChI=1S/C20H30N2O4/c1-20(2,3)26-19(24)22-13-16-10-8-15(9-11-16)12-21-14-18(23)25-17-6-4-5-7-17/h8-11,17,21H,4-7,12-14H2,1-3H3,(H,22,24). The molecule has 1 saturated carbocycles. The molecule has 6 nitrogen and oxygen atoms in total. The van der Waals surface area contributed by atoms with Gasteiger partial charge >= 0.3 is 12.1 Å². The van der Waals surface area contributed by atoms with E-state index in [9.17, 15) is 9.59 Å². The largest absolute Gasteiger partial charge is 0.461 e. The van der Waals surface area contributed by atoms with Crippen LogP contribution in [0.2, 0.25) is 0 Å².